The van der Waals surface area contributed by atoms with Gasteiger partial charge in [-0.3, -0.25) is 14.4 Å². The molecule has 0 heterocycles. The zero-order valence-corrected chi connectivity index (χ0v) is 55.0. The maximum atomic E-state index is 13.0. The molecule has 0 aliphatic carbocycles. The molecule has 0 spiro atoms. The molecule has 0 saturated heterocycles. The summed E-state index contributed by atoms with van der Waals surface area (Å²) < 4.78 is 17.0. The Hall–Kier alpha value is -2.89. The standard InChI is InChI=1S/C76H138O6/c1-4-7-10-13-16-19-22-25-28-31-33-35-37-39-40-42-45-48-51-54-57-60-63-66-69-75(78)81-72-73(71-80-74(77)68-65-62-59-56-53-50-47-44-30-27-24-21-18-15-12-9-6-3)82-76(79)70-67-64-61-58-55-52-49-46-43-41-38-36-34-32-29-26-23-20-17-14-11-8-5-2/h8,11,17,20,26,29,34,36,41,43,73H,4-7,9-10,12-16,18-19,21-25,27-28,30-33,35,37-40,42,44-72H2,1-3H3/b11-8-,20-17-,29-26-,36-34-,43-41-. The maximum Gasteiger partial charge on any atom is 0.306 e. The van der Waals surface area contributed by atoms with Gasteiger partial charge in [0.15, 0.2) is 6.10 Å². The lowest BCUT2D eigenvalue weighted by Gasteiger charge is -2.18. The maximum absolute atomic E-state index is 13.0. The molecule has 0 rings (SSSR count). The van der Waals surface area contributed by atoms with Crippen molar-refractivity contribution in [3.63, 3.8) is 0 Å². The first-order chi connectivity index (χ1) is 40.5. The summed E-state index contributed by atoms with van der Waals surface area (Å²) in [6.07, 6.45) is 91.1. The number of esters is 3. The van der Waals surface area contributed by atoms with Gasteiger partial charge in [-0.2, -0.15) is 0 Å². The van der Waals surface area contributed by atoms with Crippen molar-refractivity contribution < 1.29 is 28.6 Å². The predicted octanol–water partition coefficient (Wildman–Crippen LogP) is 25.1. The molecule has 0 aromatic carbocycles. The molecule has 0 radical (unpaired) electrons. The van der Waals surface area contributed by atoms with E-state index in [1.807, 2.05) is 0 Å². The Bertz CT molecular complexity index is 1460. The summed E-state index contributed by atoms with van der Waals surface area (Å²) >= 11 is 0. The van der Waals surface area contributed by atoms with Crippen LogP contribution in [-0.2, 0) is 28.6 Å². The second kappa shape index (κ2) is 70.6. The average Bonchev–Trinajstić information content (AvgIpc) is 3.47. The molecule has 0 N–H and O–H groups in total. The molecule has 1 unspecified atom stereocenters. The lowest BCUT2D eigenvalue weighted by molar-refractivity contribution is -0.167. The van der Waals surface area contributed by atoms with Crippen molar-refractivity contribution in [1.82, 2.24) is 0 Å². The minimum absolute atomic E-state index is 0.0734. The van der Waals surface area contributed by atoms with Crippen molar-refractivity contribution >= 4 is 17.9 Å². The third-order valence-electron chi connectivity index (χ3n) is 16.3. The molecule has 0 aromatic heterocycles. The number of carbonyl (C=O) groups is 3. The van der Waals surface area contributed by atoms with Crippen molar-refractivity contribution in [2.24, 2.45) is 0 Å². The van der Waals surface area contributed by atoms with E-state index in [-0.39, 0.29) is 31.1 Å². The molecular formula is C76H138O6. The fourth-order valence-corrected chi connectivity index (χ4v) is 10.9. The third-order valence-corrected chi connectivity index (χ3v) is 16.3. The SMILES string of the molecule is CC/C=C\C/C=C\C/C=C\C/C=C\C/C=C\CCCCCCCCCC(=O)OC(COC(=O)CCCCCCCCCCCCCCCCCCC)COC(=O)CCCCCCCCCCCCCCCCCCCCCCCCCC. The van der Waals surface area contributed by atoms with Crippen LogP contribution in [0.5, 0.6) is 0 Å². The minimum atomic E-state index is -0.780. The fraction of sp³-hybridized carbons (Fsp3) is 0.829. The van der Waals surface area contributed by atoms with Crippen molar-refractivity contribution in [1.29, 1.82) is 0 Å². The molecule has 0 aromatic rings. The molecular weight excluding hydrogens is 1010 g/mol. The summed E-state index contributed by atoms with van der Waals surface area (Å²) in [5.74, 6) is -0.855. The highest BCUT2D eigenvalue weighted by Crippen LogP contribution is 2.19. The van der Waals surface area contributed by atoms with Gasteiger partial charge < -0.3 is 14.2 Å². The van der Waals surface area contributed by atoms with Crippen LogP contribution in [0.1, 0.15) is 387 Å². The van der Waals surface area contributed by atoms with Gasteiger partial charge in [0.1, 0.15) is 13.2 Å². The van der Waals surface area contributed by atoms with Crippen LogP contribution in [0.3, 0.4) is 0 Å². The Morgan fingerprint density at radius 3 is 0.744 bits per heavy atom. The van der Waals surface area contributed by atoms with Crippen molar-refractivity contribution in [3.8, 4) is 0 Å². The molecule has 0 amide bonds. The van der Waals surface area contributed by atoms with E-state index < -0.39 is 6.10 Å². The smallest absolute Gasteiger partial charge is 0.306 e. The predicted molar refractivity (Wildman–Crippen MR) is 358 cm³/mol. The van der Waals surface area contributed by atoms with E-state index in [1.165, 1.54) is 250 Å². The third kappa shape index (κ3) is 67.9. The molecule has 6 heteroatoms. The zero-order chi connectivity index (χ0) is 59.2. The summed E-state index contributed by atoms with van der Waals surface area (Å²) in [5.41, 5.74) is 0. The molecule has 0 aliphatic rings. The first-order valence-electron chi connectivity index (χ1n) is 36.3. The van der Waals surface area contributed by atoms with Gasteiger partial charge in [0.05, 0.1) is 0 Å². The molecule has 6 nitrogen and oxygen atoms in total. The highest BCUT2D eigenvalue weighted by molar-refractivity contribution is 5.71. The van der Waals surface area contributed by atoms with Crippen molar-refractivity contribution in [2.75, 3.05) is 13.2 Å². The second-order valence-electron chi connectivity index (χ2n) is 24.5. The lowest BCUT2D eigenvalue weighted by Crippen LogP contribution is -2.30. The number of allylic oxidation sites excluding steroid dienone is 10. The number of rotatable bonds is 67. The molecule has 0 bridgehead atoms. The van der Waals surface area contributed by atoms with Gasteiger partial charge >= 0.3 is 17.9 Å². The first kappa shape index (κ1) is 79.1. The molecule has 82 heavy (non-hydrogen) atoms. The largest absolute Gasteiger partial charge is 0.462 e. The van der Waals surface area contributed by atoms with Crippen molar-refractivity contribution in [3.05, 3.63) is 60.8 Å². The quantitative estimate of drug-likeness (QED) is 0.0261. The number of ether oxygens (including phenoxy) is 3. The summed E-state index contributed by atoms with van der Waals surface area (Å²) in [5, 5.41) is 0. The van der Waals surface area contributed by atoms with Crippen LogP contribution in [-0.4, -0.2) is 37.2 Å². The summed E-state index contributed by atoms with van der Waals surface area (Å²) in [4.78, 5) is 38.5. The summed E-state index contributed by atoms with van der Waals surface area (Å²) in [6.45, 7) is 6.60. The monoisotopic (exact) mass is 1150 g/mol. The molecule has 478 valence electrons. The van der Waals surface area contributed by atoms with Gasteiger partial charge in [0.25, 0.3) is 0 Å². The Morgan fingerprint density at radius 2 is 0.476 bits per heavy atom. The Labute approximate surface area is 510 Å². The summed E-state index contributed by atoms with van der Waals surface area (Å²) in [6, 6.07) is 0. The highest BCUT2D eigenvalue weighted by atomic mass is 16.6. The lowest BCUT2D eigenvalue weighted by atomic mass is 10.0. The molecule has 0 aliphatic heterocycles. The van der Waals surface area contributed by atoms with Gasteiger partial charge in [0.2, 0.25) is 0 Å². The van der Waals surface area contributed by atoms with Gasteiger partial charge in [-0.25, -0.2) is 0 Å². The zero-order valence-electron chi connectivity index (χ0n) is 55.0. The molecule has 1 atom stereocenters. The number of hydrogen-bond acceptors (Lipinski definition) is 6. The Balaban J connectivity index is 4.32. The Morgan fingerprint density at radius 1 is 0.256 bits per heavy atom. The van der Waals surface area contributed by atoms with Crippen LogP contribution in [0, 0.1) is 0 Å². The van der Waals surface area contributed by atoms with Crippen LogP contribution in [0.2, 0.25) is 0 Å². The first-order valence-corrected chi connectivity index (χ1v) is 36.3. The van der Waals surface area contributed by atoms with Crippen LogP contribution < -0.4 is 0 Å². The molecule has 0 saturated carbocycles. The van der Waals surface area contributed by atoms with Gasteiger partial charge in [0, 0.05) is 19.3 Å². The van der Waals surface area contributed by atoms with Gasteiger partial charge in [-0.05, 0) is 64.2 Å². The second-order valence-corrected chi connectivity index (χ2v) is 24.5. The van der Waals surface area contributed by atoms with E-state index in [0.717, 1.165) is 96.3 Å². The van der Waals surface area contributed by atoms with E-state index in [2.05, 4.69) is 81.5 Å². The van der Waals surface area contributed by atoms with Gasteiger partial charge in [-0.1, -0.05) is 364 Å². The van der Waals surface area contributed by atoms with Crippen LogP contribution >= 0.6 is 0 Å². The highest BCUT2D eigenvalue weighted by Gasteiger charge is 2.19. The Kier molecular flexibility index (Phi) is 68.1. The number of carbonyl (C=O) groups excluding carboxylic acids is 3. The average molecular weight is 1150 g/mol. The topological polar surface area (TPSA) is 78.9 Å². The van der Waals surface area contributed by atoms with Crippen LogP contribution in [0.25, 0.3) is 0 Å². The normalized spacial score (nSPS) is 12.4. The fourth-order valence-electron chi connectivity index (χ4n) is 10.9. The van der Waals surface area contributed by atoms with Gasteiger partial charge in [-0.15, -0.1) is 0 Å². The van der Waals surface area contributed by atoms with E-state index in [0.29, 0.717) is 19.3 Å². The van der Waals surface area contributed by atoms with Crippen LogP contribution in [0.4, 0.5) is 0 Å². The van der Waals surface area contributed by atoms with Crippen molar-refractivity contribution in [2.45, 2.75) is 393 Å². The van der Waals surface area contributed by atoms with E-state index >= 15 is 0 Å². The van der Waals surface area contributed by atoms with Crippen LogP contribution in [0.15, 0.2) is 60.8 Å². The van der Waals surface area contributed by atoms with E-state index in [9.17, 15) is 14.4 Å². The number of unbranched alkanes of at least 4 members (excludes halogenated alkanes) is 46. The van der Waals surface area contributed by atoms with E-state index in [4.69, 9.17) is 14.2 Å². The van der Waals surface area contributed by atoms with E-state index in [1.54, 1.807) is 0 Å². The molecule has 0 fully saturated rings. The minimum Gasteiger partial charge on any atom is -0.462 e. The number of hydrogen-bond donors (Lipinski definition) is 0. The summed E-state index contributed by atoms with van der Waals surface area (Å²) in [7, 11) is 0.